The summed E-state index contributed by atoms with van der Waals surface area (Å²) in [5.74, 6) is -0.671. The maximum Gasteiger partial charge on any atom is 0.417 e. The van der Waals surface area contributed by atoms with E-state index < -0.39 is 17.6 Å². The fourth-order valence-electron chi connectivity index (χ4n) is 2.78. The second-order valence-corrected chi connectivity index (χ2v) is 6.47. The van der Waals surface area contributed by atoms with Gasteiger partial charge in [0.2, 0.25) is 0 Å². The van der Waals surface area contributed by atoms with Crippen LogP contribution in [-0.2, 0) is 6.18 Å². The number of hydrogen-bond donors (Lipinski definition) is 1. The van der Waals surface area contributed by atoms with Crippen LogP contribution < -0.4 is 10.2 Å². The minimum absolute atomic E-state index is 0.130. The highest BCUT2D eigenvalue weighted by Gasteiger charge is 2.35. The summed E-state index contributed by atoms with van der Waals surface area (Å²) < 4.78 is 39.0. The smallest absolute Gasteiger partial charge is 0.349 e. The fourth-order valence-corrected chi connectivity index (χ4v) is 3.48. The highest BCUT2D eigenvalue weighted by Crippen LogP contribution is 2.32. The average molecular weight is 355 g/mol. The van der Waals surface area contributed by atoms with E-state index >= 15 is 0 Å². The van der Waals surface area contributed by atoms with Gasteiger partial charge in [-0.15, -0.1) is 11.3 Å². The van der Waals surface area contributed by atoms with Gasteiger partial charge in [0.1, 0.15) is 0 Å². The fraction of sp³-hybridized carbons (Fsp3) is 0.375. The molecule has 0 aliphatic carbocycles. The number of nitrogens with zero attached hydrogens (tertiary/aromatic N) is 2. The van der Waals surface area contributed by atoms with Crippen LogP contribution in [-0.4, -0.2) is 30.0 Å². The zero-order valence-electron chi connectivity index (χ0n) is 12.7. The van der Waals surface area contributed by atoms with Gasteiger partial charge in [-0.1, -0.05) is 12.1 Å². The van der Waals surface area contributed by atoms with Crippen LogP contribution in [0.15, 0.2) is 35.8 Å². The molecule has 1 aliphatic rings. The quantitative estimate of drug-likeness (QED) is 0.916. The number of aromatic nitrogens is 1. The zero-order valence-corrected chi connectivity index (χ0v) is 13.5. The molecule has 8 heteroatoms. The lowest BCUT2D eigenvalue weighted by Gasteiger charge is -2.32. The molecule has 2 heterocycles. The summed E-state index contributed by atoms with van der Waals surface area (Å²) >= 11 is 1.55. The third-order valence-electron chi connectivity index (χ3n) is 4.00. The lowest BCUT2D eigenvalue weighted by molar-refractivity contribution is -0.137. The first kappa shape index (κ1) is 16.8. The van der Waals surface area contributed by atoms with Crippen molar-refractivity contribution in [1.82, 2.24) is 10.3 Å². The number of alkyl halides is 3. The summed E-state index contributed by atoms with van der Waals surface area (Å²) in [5, 5.41) is 5.56. The number of anilines is 1. The first-order valence-corrected chi connectivity index (χ1v) is 8.44. The Bertz CT molecular complexity index is 695. The molecule has 1 aromatic heterocycles. The van der Waals surface area contributed by atoms with E-state index in [4.69, 9.17) is 0 Å². The SMILES string of the molecule is O=C(NC1CCN(c2nccs2)CC1)c1ccccc1C(F)(F)F. The summed E-state index contributed by atoms with van der Waals surface area (Å²) in [6, 6.07) is 4.74. The Morgan fingerprint density at radius 1 is 1.25 bits per heavy atom. The van der Waals surface area contributed by atoms with Gasteiger partial charge in [0, 0.05) is 30.7 Å². The number of rotatable bonds is 3. The van der Waals surface area contributed by atoms with E-state index in [1.807, 2.05) is 5.38 Å². The van der Waals surface area contributed by atoms with E-state index in [0.29, 0.717) is 12.8 Å². The Balaban J connectivity index is 1.63. The Hall–Kier alpha value is -2.09. The van der Waals surface area contributed by atoms with Gasteiger partial charge in [-0.25, -0.2) is 4.98 Å². The number of carbonyl (C=O) groups excluding carboxylic acids is 1. The molecule has 0 spiro atoms. The molecular formula is C16H16F3N3OS. The number of benzene rings is 1. The minimum atomic E-state index is -4.54. The maximum atomic E-state index is 13.0. The molecule has 1 amide bonds. The molecule has 0 saturated carbocycles. The van der Waals surface area contributed by atoms with Crippen LogP contribution in [0.25, 0.3) is 0 Å². The Kier molecular flexibility index (Phi) is 4.75. The summed E-state index contributed by atoms with van der Waals surface area (Å²) in [4.78, 5) is 18.6. The molecule has 0 unspecified atom stereocenters. The van der Waals surface area contributed by atoms with Crippen molar-refractivity contribution < 1.29 is 18.0 Å². The molecular weight excluding hydrogens is 339 g/mol. The highest BCUT2D eigenvalue weighted by atomic mass is 32.1. The number of hydrogen-bond acceptors (Lipinski definition) is 4. The molecule has 1 aromatic carbocycles. The van der Waals surface area contributed by atoms with Crippen molar-refractivity contribution in [3.8, 4) is 0 Å². The number of halogens is 3. The molecule has 128 valence electrons. The first-order valence-electron chi connectivity index (χ1n) is 7.56. The van der Waals surface area contributed by atoms with Crippen LogP contribution in [0.2, 0.25) is 0 Å². The molecule has 0 radical (unpaired) electrons. The van der Waals surface area contributed by atoms with Crippen molar-refractivity contribution in [2.45, 2.75) is 25.1 Å². The molecule has 0 bridgehead atoms. The normalized spacial score (nSPS) is 16.2. The molecule has 24 heavy (non-hydrogen) atoms. The number of amides is 1. The maximum absolute atomic E-state index is 13.0. The van der Waals surface area contributed by atoms with Gasteiger partial charge in [0.25, 0.3) is 5.91 Å². The Morgan fingerprint density at radius 2 is 1.96 bits per heavy atom. The van der Waals surface area contributed by atoms with Crippen LogP contribution in [0.3, 0.4) is 0 Å². The second-order valence-electron chi connectivity index (χ2n) is 5.59. The topological polar surface area (TPSA) is 45.2 Å². The van der Waals surface area contributed by atoms with E-state index in [0.717, 1.165) is 24.3 Å². The third-order valence-corrected chi connectivity index (χ3v) is 4.83. The van der Waals surface area contributed by atoms with Crippen molar-refractivity contribution in [3.63, 3.8) is 0 Å². The largest absolute Gasteiger partial charge is 0.417 e. The number of piperidine rings is 1. The van der Waals surface area contributed by atoms with Gasteiger partial charge in [0.15, 0.2) is 5.13 Å². The van der Waals surface area contributed by atoms with E-state index in [9.17, 15) is 18.0 Å². The summed E-state index contributed by atoms with van der Waals surface area (Å²) in [7, 11) is 0. The molecule has 1 aliphatic heterocycles. The monoisotopic (exact) mass is 355 g/mol. The number of nitrogens with one attached hydrogen (secondary N) is 1. The van der Waals surface area contributed by atoms with E-state index in [-0.39, 0.29) is 11.6 Å². The van der Waals surface area contributed by atoms with Gasteiger partial charge in [0.05, 0.1) is 11.1 Å². The van der Waals surface area contributed by atoms with Crippen LogP contribution >= 0.6 is 11.3 Å². The van der Waals surface area contributed by atoms with Crippen LogP contribution in [0.5, 0.6) is 0 Å². The van der Waals surface area contributed by atoms with Gasteiger partial charge >= 0.3 is 6.18 Å². The van der Waals surface area contributed by atoms with Crippen LogP contribution in [0.4, 0.5) is 18.3 Å². The van der Waals surface area contributed by atoms with Crippen molar-refractivity contribution in [2.24, 2.45) is 0 Å². The lowest BCUT2D eigenvalue weighted by Crippen LogP contribution is -2.45. The average Bonchev–Trinajstić information content (AvgIpc) is 3.09. The first-order chi connectivity index (χ1) is 11.4. The molecule has 1 fully saturated rings. The molecule has 2 aromatic rings. The van der Waals surface area contributed by atoms with Crippen LogP contribution in [0, 0.1) is 0 Å². The summed E-state index contributed by atoms with van der Waals surface area (Å²) in [5.41, 5.74) is -1.23. The molecule has 0 atom stereocenters. The minimum Gasteiger partial charge on any atom is -0.349 e. The Labute approximate surface area is 141 Å². The number of carbonyl (C=O) groups is 1. The highest BCUT2D eigenvalue weighted by molar-refractivity contribution is 7.13. The number of thiazole rings is 1. The van der Waals surface area contributed by atoms with Gasteiger partial charge < -0.3 is 10.2 Å². The van der Waals surface area contributed by atoms with Crippen LogP contribution in [0.1, 0.15) is 28.8 Å². The predicted octanol–water partition coefficient (Wildman–Crippen LogP) is 3.56. The third kappa shape index (κ3) is 3.69. The van der Waals surface area contributed by atoms with Gasteiger partial charge in [-0.2, -0.15) is 13.2 Å². The zero-order chi connectivity index (χ0) is 17.2. The second kappa shape index (κ2) is 6.80. The summed E-state index contributed by atoms with van der Waals surface area (Å²) in [6.45, 7) is 1.44. The van der Waals surface area contributed by atoms with Gasteiger partial charge in [-0.3, -0.25) is 4.79 Å². The Morgan fingerprint density at radius 3 is 2.58 bits per heavy atom. The van der Waals surface area contributed by atoms with E-state index in [1.165, 1.54) is 18.2 Å². The molecule has 3 rings (SSSR count). The van der Waals surface area contributed by atoms with Crippen molar-refractivity contribution in [2.75, 3.05) is 18.0 Å². The summed E-state index contributed by atoms with van der Waals surface area (Å²) in [6.07, 6.45) is -1.44. The van der Waals surface area contributed by atoms with E-state index in [1.54, 1.807) is 17.5 Å². The predicted molar refractivity (Wildman–Crippen MR) is 86.3 cm³/mol. The molecule has 1 N–H and O–H groups in total. The lowest BCUT2D eigenvalue weighted by atomic mass is 10.0. The van der Waals surface area contributed by atoms with E-state index in [2.05, 4.69) is 15.2 Å². The molecule has 1 saturated heterocycles. The van der Waals surface area contributed by atoms with Crippen molar-refractivity contribution in [1.29, 1.82) is 0 Å². The molecule has 4 nitrogen and oxygen atoms in total. The van der Waals surface area contributed by atoms with Crippen molar-refractivity contribution in [3.05, 3.63) is 47.0 Å². The standard InChI is InChI=1S/C16H16F3N3OS/c17-16(18,19)13-4-2-1-3-12(13)14(23)21-11-5-8-22(9-6-11)15-20-7-10-24-15/h1-4,7,10-11H,5-6,8-9H2,(H,21,23). The van der Waals surface area contributed by atoms with Gasteiger partial charge in [-0.05, 0) is 25.0 Å². The van der Waals surface area contributed by atoms with Crippen molar-refractivity contribution >= 4 is 22.4 Å².